The molecule has 6 heteroatoms. The van der Waals surface area contributed by atoms with Gasteiger partial charge in [-0.1, -0.05) is 0 Å². The molecule has 1 aliphatic rings. The first-order valence-corrected chi connectivity index (χ1v) is 6.97. The third-order valence-corrected chi connectivity index (χ3v) is 3.88. The summed E-state index contributed by atoms with van der Waals surface area (Å²) in [5.41, 5.74) is 6.86. The van der Waals surface area contributed by atoms with Gasteiger partial charge in [-0.3, -0.25) is 4.90 Å². The summed E-state index contributed by atoms with van der Waals surface area (Å²) >= 11 is 1.67. The van der Waals surface area contributed by atoms with Crippen molar-refractivity contribution < 1.29 is 4.79 Å². The number of carbonyl (C=O) groups excluding carboxylic acids is 1. The van der Waals surface area contributed by atoms with E-state index in [9.17, 15) is 4.79 Å². The normalized spacial score (nSPS) is 16.4. The van der Waals surface area contributed by atoms with Gasteiger partial charge >= 0.3 is 0 Å². The Balaban J connectivity index is 1.99. The second kappa shape index (κ2) is 5.34. The van der Waals surface area contributed by atoms with Crippen LogP contribution in [-0.2, 0) is 17.8 Å². The minimum absolute atomic E-state index is 0.240. The van der Waals surface area contributed by atoms with Crippen molar-refractivity contribution >= 4 is 22.8 Å². The number of fused-ring (bicyclic) bond motifs is 1. The predicted molar refractivity (Wildman–Crippen MR) is 73.9 cm³/mol. The number of thiazole rings is 1. The number of nitrogens with zero attached hydrogens (tertiary/aromatic N) is 2. The van der Waals surface area contributed by atoms with Crippen molar-refractivity contribution in [3.05, 3.63) is 10.6 Å². The van der Waals surface area contributed by atoms with E-state index >= 15 is 0 Å². The van der Waals surface area contributed by atoms with Crippen molar-refractivity contribution in [1.82, 2.24) is 9.88 Å². The maximum absolute atomic E-state index is 10.5. The fraction of sp³-hybridized carbons (Fsp3) is 0.667. The lowest BCUT2D eigenvalue weighted by Crippen LogP contribution is -2.39. The zero-order chi connectivity index (χ0) is 13.2. The smallest absolute Gasteiger partial charge is 0.183 e. The zero-order valence-electron chi connectivity index (χ0n) is 10.9. The third kappa shape index (κ3) is 3.51. The topological polar surface area (TPSA) is 71.2 Å². The molecule has 0 aliphatic carbocycles. The minimum Gasteiger partial charge on any atom is -0.360 e. The molecule has 0 spiro atoms. The van der Waals surface area contributed by atoms with Gasteiger partial charge in [0.1, 0.15) is 6.29 Å². The molecule has 0 unspecified atom stereocenters. The molecule has 0 atom stereocenters. The first-order chi connectivity index (χ1) is 8.48. The highest BCUT2D eigenvalue weighted by molar-refractivity contribution is 7.15. The summed E-state index contributed by atoms with van der Waals surface area (Å²) in [6, 6.07) is 0. The summed E-state index contributed by atoms with van der Waals surface area (Å²) in [4.78, 5) is 18.5. The van der Waals surface area contributed by atoms with Gasteiger partial charge in [0.15, 0.2) is 5.13 Å². The van der Waals surface area contributed by atoms with Crippen LogP contribution in [0.1, 0.15) is 24.4 Å². The van der Waals surface area contributed by atoms with Crippen molar-refractivity contribution in [3.8, 4) is 0 Å². The molecule has 1 aliphatic heterocycles. The Hall–Kier alpha value is -0.980. The standard InChI is InChI=1S/C12H20N4OS/c1-12(2,13)8-14-11-15-9-3-4-16(5-6-17)7-10(9)18-11/h6H,3-5,7-8,13H2,1-2H3,(H,14,15). The van der Waals surface area contributed by atoms with Crippen LogP contribution in [0.5, 0.6) is 0 Å². The Morgan fingerprint density at radius 3 is 3.06 bits per heavy atom. The molecule has 0 saturated carbocycles. The quantitative estimate of drug-likeness (QED) is 0.775. The number of nitrogens with one attached hydrogen (secondary N) is 1. The van der Waals surface area contributed by atoms with Gasteiger partial charge in [-0.2, -0.15) is 0 Å². The second-order valence-electron chi connectivity index (χ2n) is 5.38. The Bertz CT molecular complexity index is 424. The first kappa shape index (κ1) is 13.5. The Kier molecular flexibility index (Phi) is 3.99. The van der Waals surface area contributed by atoms with E-state index in [2.05, 4.69) is 15.2 Å². The lowest BCUT2D eigenvalue weighted by molar-refractivity contribution is -0.109. The zero-order valence-corrected chi connectivity index (χ0v) is 11.7. The van der Waals surface area contributed by atoms with Gasteiger partial charge in [0.25, 0.3) is 0 Å². The van der Waals surface area contributed by atoms with Crippen LogP contribution in [0.15, 0.2) is 0 Å². The molecular formula is C12H20N4OS. The molecule has 100 valence electrons. The van der Waals surface area contributed by atoms with E-state index in [-0.39, 0.29) is 5.54 Å². The van der Waals surface area contributed by atoms with Crippen molar-refractivity contribution in [1.29, 1.82) is 0 Å². The third-order valence-electron chi connectivity index (χ3n) is 2.84. The predicted octanol–water partition coefficient (Wildman–Crippen LogP) is 0.849. The number of hydrogen-bond donors (Lipinski definition) is 2. The lowest BCUT2D eigenvalue weighted by Gasteiger charge is -2.23. The van der Waals surface area contributed by atoms with Gasteiger partial charge in [0.2, 0.25) is 0 Å². The Morgan fingerprint density at radius 2 is 2.39 bits per heavy atom. The molecule has 18 heavy (non-hydrogen) atoms. The molecule has 3 N–H and O–H groups in total. The van der Waals surface area contributed by atoms with E-state index in [4.69, 9.17) is 5.73 Å². The van der Waals surface area contributed by atoms with Gasteiger partial charge in [-0.25, -0.2) is 4.98 Å². The van der Waals surface area contributed by atoms with Gasteiger partial charge in [-0.15, -0.1) is 11.3 Å². The molecule has 2 heterocycles. The van der Waals surface area contributed by atoms with E-state index in [0.717, 1.165) is 30.9 Å². The van der Waals surface area contributed by atoms with E-state index < -0.39 is 0 Å². The van der Waals surface area contributed by atoms with Crippen LogP contribution < -0.4 is 11.1 Å². The Labute approximate surface area is 111 Å². The van der Waals surface area contributed by atoms with E-state index in [1.54, 1.807) is 11.3 Å². The summed E-state index contributed by atoms with van der Waals surface area (Å²) in [5.74, 6) is 0. The second-order valence-corrected chi connectivity index (χ2v) is 6.47. The highest BCUT2D eigenvalue weighted by Crippen LogP contribution is 2.28. The van der Waals surface area contributed by atoms with Crippen LogP contribution in [0.25, 0.3) is 0 Å². The van der Waals surface area contributed by atoms with Crippen LogP contribution in [-0.4, -0.2) is 41.3 Å². The molecule has 5 nitrogen and oxygen atoms in total. The van der Waals surface area contributed by atoms with E-state index in [1.807, 2.05) is 13.8 Å². The van der Waals surface area contributed by atoms with Crippen LogP contribution in [0, 0.1) is 0 Å². The summed E-state index contributed by atoms with van der Waals surface area (Å²) in [5, 5.41) is 4.22. The van der Waals surface area contributed by atoms with Crippen LogP contribution in [0.4, 0.5) is 5.13 Å². The van der Waals surface area contributed by atoms with Crippen molar-refractivity contribution in [2.75, 3.05) is 25.0 Å². The number of nitrogens with two attached hydrogens (primary N) is 1. The number of hydrogen-bond acceptors (Lipinski definition) is 6. The Morgan fingerprint density at radius 1 is 1.61 bits per heavy atom. The molecule has 1 aromatic heterocycles. The molecule has 0 amide bonds. The number of carbonyl (C=O) groups is 1. The molecule has 1 aromatic rings. The molecule has 2 rings (SSSR count). The van der Waals surface area contributed by atoms with Crippen LogP contribution in [0.3, 0.4) is 0 Å². The van der Waals surface area contributed by atoms with Gasteiger partial charge in [-0.05, 0) is 13.8 Å². The summed E-state index contributed by atoms with van der Waals surface area (Å²) in [7, 11) is 0. The number of aromatic nitrogens is 1. The maximum atomic E-state index is 10.5. The molecule has 0 saturated heterocycles. The van der Waals surface area contributed by atoms with Crippen molar-refractivity contribution in [2.45, 2.75) is 32.4 Å². The van der Waals surface area contributed by atoms with Crippen molar-refractivity contribution in [2.24, 2.45) is 5.73 Å². The van der Waals surface area contributed by atoms with Crippen LogP contribution in [0.2, 0.25) is 0 Å². The largest absolute Gasteiger partial charge is 0.360 e. The minimum atomic E-state index is -0.240. The molecule has 0 fully saturated rings. The van der Waals surface area contributed by atoms with E-state index in [1.165, 1.54) is 10.6 Å². The summed E-state index contributed by atoms with van der Waals surface area (Å²) < 4.78 is 0. The molecular weight excluding hydrogens is 248 g/mol. The molecule has 0 aromatic carbocycles. The SMILES string of the molecule is CC(C)(N)CNc1nc2c(s1)CN(CC=O)CC2. The highest BCUT2D eigenvalue weighted by Gasteiger charge is 2.20. The number of anilines is 1. The average molecular weight is 268 g/mol. The lowest BCUT2D eigenvalue weighted by atomic mass is 10.1. The highest BCUT2D eigenvalue weighted by atomic mass is 32.1. The first-order valence-electron chi connectivity index (χ1n) is 6.15. The van der Waals surface area contributed by atoms with E-state index in [0.29, 0.717) is 13.1 Å². The molecule has 0 radical (unpaired) electrons. The van der Waals surface area contributed by atoms with Crippen LogP contribution >= 0.6 is 11.3 Å². The van der Waals surface area contributed by atoms with Gasteiger partial charge < -0.3 is 15.8 Å². The number of rotatable bonds is 5. The fourth-order valence-electron chi connectivity index (χ4n) is 1.89. The van der Waals surface area contributed by atoms with Gasteiger partial charge in [0, 0.05) is 36.5 Å². The average Bonchev–Trinajstić information content (AvgIpc) is 2.68. The maximum Gasteiger partial charge on any atom is 0.183 e. The molecule has 0 bridgehead atoms. The summed E-state index contributed by atoms with van der Waals surface area (Å²) in [6.07, 6.45) is 1.88. The monoisotopic (exact) mass is 268 g/mol. The van der Waals surface area contributed by atoms with Crippen molar-refractivity contribution in [3.63, 3.8) is 0 Å². The van der Waals surface area contributed by atoms with Gasteiger partial charge in [0.05, 0.1) is 12.2 Å². The fourth-order valence-corrected chi connectivity index (χ4v) is 2.93. The summed E-state index contributed by atoms with van der Waals surface area (Å²) in [6.45, 7) is 6.93. The number of aldehydes is 1.